The minimum atomic E-state index is -0.921. The van der Waals surface area contributed by atoms with Gasteiger partial charge in [-0.1, -0.05) is 6.92 Å². The van der Waals surface area contributed by atoms with Gasteiger partial charge in [0.1, 0.15) is 0 Å². The Labute approximate surface area is 93.2 Å². The lowest BCUT2D eigenvalue weighted by Gasteiger charge is -2.15. The fourth-order valence-electron chi connectivity index (χ4n) is 1.03. The Hall–Kier alpha value is -0.750. The van der Waals surface area contributed by atoms with Gasteiger partial charge in [-0.3, -0.25) is 9.59 Å². The van der Waals surface area contributed by atoms with Crippen LogP contribution in [0.5, 0.6) is 0 Å². The van der Waals surface area contributed by atoms with Crippen molar-refractivity contribution >= 4 is 23.6 Å². The van der Waals surface area contributed by atoms with E-state index < -0.39 is 5.97 Å². The van der Waals surface area contributed by atoms with Crippen LogP contribution in [0.1, 0.15) is 19.8 Å². The summed E-state index contributed by atoms with van der Waals surface area (Å²) in [6.07, 6.45) is 1.29. The summed E-state index contributed by atoms with van der Waals surface area (Å²) in [6.45, 7) is 1.96. The zero-order chi connectivity index (χ0) is 11.7. The van der Waals surface area contributed by atoms with Gasteiger partial charge in [0.05, 0.1) is 11.5 Å². The van der Waals surface area contributed by atoms with Crippen molar-refractivity contribution in [1.82, 2.24) is 5.32 Å². The monoisotopic (exact) mass is 235 g/mol. The van der Waals surface area contributed by atoms with E-state index >= 15 is 0 Å². The van der Waals surface area contributed by atoms with Crippen molar-refractivity contribution < 1.29 is 19.8 Å². The van der Waals surface area contributed by atoms with Crippen LogP contribution >= 0.6 is 11.8 Å². The first-order chi connectivity index (χ1) is 7.10. The molecule has 5 nitrogen and oxygen atoms in total. The average Bonchev–Trinajstić information content (AvgIpc) is 2.16. The number of hydrogen-bond donors (Lipinski definition) is 3. The van der Waals surface area contributed by atoms with Crippen LogP contribution in [-0.2, 0) is 9.59 Å². The van der Waals surface area contributed by atoms with Crippen LogP contribution in [0.25, 0.3) is 0 Å². The molecule has 0 bridgehead atoms. The van der Waals surface area contributed by atoms with Crippen LogP contribution in [0, 0.1) is 0 Å². The summed E-state index contributed by atoms with van der Waals surface area (Å²) in [4.78, 5) is 21.4. The van der Waals surface area contributed by atoms with E-state index in [0.717, 1.165) is 18.2 Å². The maximum atomic E-state index is 11.3. The van der Waals surface area contributed by atoms with Crippen LogP contribution in [0.3, 0.4) is 0 Å². The van der Waals surface area contributed by atoms with E-state index in [2.05, 4.69) is 5.32 Å². The molecule has 15 heavy (non-hydrogen) atoms. The number of aliphatic hydroxyl groups is 1. The lowest BCUT2D eigenvalue weighted by Crippen LogP contribution is -2.36. The molecule has 0 radical (unpaired) electrons. The van der Waals surface area contributed by atoms with Crippen molar-refractivity contribution in [3.05, 3.63) is 0 Å². The molecule has 0 aliphatic heterocycles. The number of thioether (sulfide) groups is 1. The molecule has 0 aromatic rings. The van der Waals surface area contributed by atoms with Crippen molar-refractivity contribution in [3.8, 4) is 0 Å². The van der Waals surface area contributed by atoms with Crippen molar-refractivity contribution in [3.63, 3.8) is 0 Å². The summed E-state index contributed by atoms with van der Waals surface area (Å²) >= 11 is 1.07. The second-order valence-corrected chi connectivity index (χ2v) is 4.06. The van der Waals surface area contributed by atoms with Gasteiger partial charge < -0.3 is 15.5 Å². The smallest absolute Gasteiger partial charge is 0.313 e. The molecule has 0 aliphatic rings. The van der Waals surface area contributed by atoms with Crippen molar-refractivity contribution in [2.75, 3.05) is 18.1 Å². The zero-order valence-corrected chi connectivity index (χ0v) is 9.55. The number of rotatable bonds is 8. The fraction of sp³-hybridized carbons (Fsp3) is 0.778. The first kappa shape index (κ1) is 14.2. The van der Waals surface area contributed by atoms with Crippen LogP contribution < -0.4 is 5.32 Å². The predicted molar refractivity (Wildman–Crippen MR) is 58.9 cm³/mol. The zero-order valence-electron chi connectivity index (χ0n) is 8.73. The number of carboxylic acids is 1. The normalized spacial score (nSPS) is 12.1. The Morgan fingerprint density at radius 1 is 1.40 bits per heavy atom. The number of amides is 1. The van der Waals surface area contributed by atoms with E-state index in [0.29, 0.717) is 6.42 Å². The Balaban J connectivity index is 3.66. The van der Waals surface area contributed by atoms with E-state index in [1.54, 1.807) is 0 Å². The second kappa shape index (κ2) is 8.55. The number of aliphatic hydroxyl groups excluding tert-OH is 1. The number of aliphatic carboxylic acids is 1. The van der Waals surface area contributed by atoms with Gasteiger partial charge in [-0.25, -0.2) is 0 Å². The van der Waals surface area contributed by atoms with Crippen LogP contribution in [-0.4, -0.2) is 46.2 Å². The van der Waals surface area contributed by atoms with Crippen molar-refractivity contribution in [2.24, 2.45) is 0 Å². The standard InChI is InChI=1S/C9H17NO4S/c1-2-7(3-4-11)10-8(12)5-15-6-9(13)14/h7,11H,2-6H2,1H3,(H,10,12)(H,13,14). The highest BCUT2D eigenvalue weighted by molar-refractivity contribution is 8.00. The molecule has 0 aromatic carbocycles. The molecular weight excluding hydrogens is 218 g/mol. The summed E-state index contributed by atoms with van der Waals surface area (Å²) in [7, 11) is 0. The Morgan fingerprint density at radius 2 is 2.07 bits per heavy atom. The third-order valence-corrected chi connectivity index (χ3v) is 2.71. The van der Waals surface area contributed by atoms with E-state index in [4.69, 9.17) is 10.2 Å². The molecule has 1 atom stereocenters. The maximum absolute atomic E-state index is 11.3. The molecule has 0 spiro atoms. The van der Waals surface area contributed by atoms with Crippen LogP contribution in [0.4, 0.5) is 0 Å². The first-order valence-electron chi connectivity index (χ1n) is 4.79. The molecule has 3 N–H and O–H groups in total. The largest absolute Gasteiger partial charge is 0.481 e. The van der Waals surface area contributed by atoms with E-state index in [9.17, 15) is 9.59 Å². The SMILES string of the molecule is CCC(CCO)NC(=O)CSCC(=O)O. The average molecular weight is 235 g/mol. The summed E-state index contributed by atoms with van der Waals surface area (Å²) in [5.74, 6) is -1.02. The molecule has 0 aliphatic carbocycles. The fourth-order valence-corrected chi connectivity index (χ4v) is 1.58. The molecule has 0 aromatic heterocycles. The van der Waals surface area contributed by atoms with Crippen LogP contribution in [0.15, 0.2) is 0 Å². The van der Waals surface area contributed by atoms with Gasteiger partial charge in [0.2, 0.25) is 5.91 Å². The minimum absolute atomic E-state index is 0.0204. The van der Waals surface area contributed by atoms with Gasteiger partial charge in [-0.15, -0.1) is 11.8 Å². The minimum Gasteiger partial charge on any atom is -0.481 e. The predicted octanol–water partition coefficient (Wildman–Crippen LogP) is 0.0814. The highest BCUT2D eigenvalue weighted by Crippen LogP contribution is 2.01. The van der Waals surface area contributed by atoms with Gasteiger partial charge in [-0.2, -0.15) is 0 Å². The molecular formula is C9H17NO4S. The summed E-state index contributed by atoms with van der Waals surface area (Å²) in [6, 6.07) is -0.0204. The molecule has 0 saturated heterocycles. The molecule has 0 heterocycles. The second-order valence-electron chi connectivity index (χ2n) is 3.07. The summed E-state index contributed by atoms with van der Waals surface area (Å²) < 4.78 is 0. The number of carbonyl (C=O) groups is 2. The van der Waals surface area contributed by atoms with Gasteiger partial charge in [-0.05, 0) is 12.8 Å². The topological polar surface area (TPSA) is 86.6 Å². The van der Waals surface area contributed by atoms with Gasteiger partial charge in [0.15, 0.2) is 0 Å². The maximum Gasteiger partial charge on any atom is 0.313 e. The lowest BCUT2D eigenvalue weighted by molar-refractivity contribution is -0.133. The van der Waals surface area contributed by atoms with Crippen molar-refractivity contribution in [2.45, 2.75) is 25.8 Å². The molecule has 0 rings (SSSR count). The molecule has 6 heteroatoms. The number of carbonyl (C=O) groups excluding carboxylic acids is 1. The third-order valence-electron chi connectivity index (χ3n) is 1.79. The third kappa shape index (κ3) is 8.26. The first-order valence-corrected chi connectivity index (χ1v) is 5.95. The molecule has 1 unspecified atom stereocenters. The van der Waals surface area contributed by atoms with E-state index in [1.807, 2.05) is 6.92 Å². The molecule has 1 amide bonds. The summed E-state index contributed by atoms with van der Waals surface area (Å²) in [5.41, 5.74) is 0. The van der Waals surface area contributed by atoms with Gasteiger partial charge in [0, 0.05) is 12.6 Å². The van der Waals surface area contributed by atoms with Gasteiger partial charge >= 0.3 is 5.97 Å². The summed E-state index contributed by atoms with van der Waals surface area (Å²) in [5, 5.41) is 19.8. The van der Waals surface area contributed by atoms with E-state index in [-0.39, 0.29) is 30.1 Å². The molecule has 88 valence electrons. The highest BCUT2D eigenvalue weighted by Gasteiger charge is 2.10. The van der Waals surface area contributed by atoms with Crippen molar-refractivity contribution in [1.29, 1.82) is 0 Å². The Kier molecular flexibility index (Phi) is 8.12. The number of nitrogens with one attached hydrogen (secondary N) is 1. The molecule has 0 saturated carbocycles. The van der Waals surface area contributed by atoms with Gasteiger partial charge in [0.25, 0.3) is 0 Å². The van der Waals surface area contributed by atoms with Crippen LogP contribution in [0.2, 0.25) is 0 Å². The number of hydrogen-bond acceptors (Lipinski definition) is 4. The lowest BCUT2D eigenvalue weighted by atomic mass is 10.1. The highest BCUT2D eigenvalue weighted by atomic mass is 32.2. The Morgan fingerprint density at radius 3 is 2.53 bits per heavy atom. The Bertz CT molecular complexity index is 210. The number of carboxylic acid groups (broad SMARTS) is 1. The van der Waals surface area contributed by atoms with E-state index in [1.165, 1.54) is 0 Å². The quantitative estimate of drug-likeness (QED) is 0.554. The molecule has 0 fully saturated rings.